The second-order valence-electron chi connectivity index (χ2n) is 11.8. The van der Waals surface area contributed by atoms with Crippen molar-refractivity contribution < 1.29 is 76.1 Å². The Morgan fingerprint density at radius 1 is 0.537 bits per heavy atom. The molecule has 16 nitrogen and oxygen atoms in total. The van der Waals surface area contributed by atoms with E-state index in [1.165, 1.54) is 48.5 Å². The third kappa shape index (κ3) is 13.3. The van der Waals surface area contributed by atoms with E-state index in [0.29, 0.717) is 38.5 Å². The second kappa shape index (κ2) is 21.7. The van der Waals surface area contributed by atoms with Crippen LogP contribution in [0.1, 0.15) is 59.2 Å². The highest BCUT2D eigenvalue weighted by molar-refractivity contribution is 5.90. The van der Waals surface area contributed by atoms with E-state index in [0.717, 1.165) is 12.2 Å². The fourth-order valence-electron chi connectivity index (χ4n) is 5.15. The Hall–Kier alpha value is -5.74. The van der Waals surface area contributed by atoms with Gasteiger partial charge in [0.25, 0.3) is 0 Å². The van der Waals surface area contributed by atoms with Crippen LogP contribution in [0.25, 0.3) is 0 Å². The predicted molar refractivity (Wildman–Crippen MR) is 185 cm³/mol. The number of fused-ring (bicyclic) bond motifs is 1. The highest BCUT2D eigenvalue weighted by Gasteiger charge is 2.51. The van der Waals surface area contributed by atoms with Crippen LogP contribution in [-0.4, -0.2) is 100 Å². The van der Waals surface area contributed by atoms with Gasteiger partial charge in [-0.15, -0.1) is 0 Å². The van der Waals surface area contributed by atoms with Crippen LogP contribution in [0, 0.1) is 0 Å². The largest absolute Gasteiger partial charge is 0.513 e. The Bertz CT molecular complexity index is 1480. The lowest BCUT2D eigenvalue weighted by atomic mass is 10.1. The molecule has 0 saturated carbocycles. The maximum atomic E-state index is 12.9. The molecule has 2 heterocycles. The summed E-state index contributed by atoms with van der Waals surface area (Å²) < 4.78 is 52.9. The Kier molecular flexibility index (Phi) is 16.5. The van der Waals surface area contributed by atoms with Crippen molar-refractivity contribution in [2.75, 3.05) is 39.6 Å². The molecule has 0 spiro atoms. The van der Waals surface area contributed by atoms with Gasteiger partial charge in [-0.05, 0) is 87.1 Å². The van der Waals surface area contributed by atoms with E-state index in [9.17, 15) is 28.8 Å². The van der Waals surface area contributed by atoms with E-state index in [-0.39, 0.29) is 62.3 Å². The zero-order valence-electron chi connectivity index (χ0n) is 29.5. The lowest BCUT2D eigenvalue weighted by Crippen LogP contribution is -2.36. The standard InChI is InChI=1S/C38H42O16/c1-3-31(39)45-19-7-5-9-21-47-37(43)51-27-15-11-25(12-16-27)35(41)53-29-23-49-34-30(24-50-33(29)34)54-36(42)26-13-17-28(18-14-26)52-38(44)48-22-10-6-8-20-46-32(40)4-2/h3-4,11-18,29-30,33-34H,1-2,5-10,19-24H2/t29-,30+,33-,34-/m1/s1. The number of hydrogen-bond donors (Lipinski definition) is 0. The zero-order valence-corrected chi connectivity index (χ0v) is 29.5. The molecule has 0 N–H and O–H groups in total. The molecule has 2 aromatic rings. The average Bonchev–Trinajstić information content (AvgIpc) is 3.76. The molecule has 0 amide bonds. The SMILES string of the molecule is C=CC(=O)OCCCCCOC(=O)Oc1ccc(C(=O)O[C@H]2CO[C@H]3[C@@H]2OC[C@H]3OC(=O)c2ccc(OC(=O)OCCCCCOC(=O)C=C)cc2)cc1. The third-order valence-corrected chi connectivity index (χ3v) is 7.90. The average molecular weight is 755 g/mol. The molecule has 4 atom stereocenters. The van der Waals surface area contributed by atoms with Crippen molar-refractivity contribution in [2.45, 2.75) is 62.9 Å². The summed E-state index contributed by atoms with van der Waals surface area (Å²) in [4.78, 5) is 71.7. The molecule has 290 valence electrons. The summed E-state index contributed by atoms with van der Waals surface area (Å²) in [7, 11) is 0. The Labute approximate surface area is 311 Å². The van der Waals surface area contributed by atoms with Crippen molar-refractivity contribution in [1.82, 2.24) is 0 Å². The number of carbonyl (C=O) groups is 6. The first-order valence-corrected chi connectivity index (χ1v) is 17.3. The summed E-state index contributed by atoms with van der Waals surface area (Å²) in [6, 6.07) is 11.4. The van der Waals surface area contributed by atoms with Crippen LogP contribution < -0.4 is 9.47 Å². The first-order chi connectivity index (χ1) is 26.2. The number of ether oxygens (including phenoxy) is 10. The van der Waals surface area contributed by atoms with Gasteiger partial charge < -0.3 is 47.4 Å². The minimum absolute atomic E-state index is 0.0232. The maximum absolute atomic E-state index is 12.9. The molecular formula is C38H42O16. The summed E-state index contributed by atoms with van der Waals surface area (Å²) >= 11 is 0. The van der Waals surface area contributed by atoms with E-state index >= 15 is 0 Å². The quantitative estimate of drug-likeness (QED) is 0.0571. The van der Waals surface area contributed by atoms with Crippen molar-refractivity contribution in [1.29, 1.82) is 0 Å². The van der Waals surface area contributed by atoms with E-state index in [4.69, 9.17) is 47.4 Å². The van der Waals surface area contributed by atoms with Crippen LogP contribution in [0.5, 0.6) is 11.5 Å². The fourth-order valence-corrected chi connectivity index (χ4v) is 5.15. The van der Waals surface area contributed by atoms with Crippen molar-refractivity contribution >= 4 is 36.2 Å². The van der Waals surface area contributed by atoms with Crippen molar-refractivity contribution in [3.05, 3.63) is 85.0 Å². The first-order valence-electron chi connectivity index (χ1n) is 17.3. The lowest BCUT2D eigenvalue weighted by molar-refractivity contribution is -0.138. The molecule has 54 heavy (non-hydrogen) atoms. The van der Waals surface area contributed by atoms with Gasteiger partial charge in [0.05, 0.1) is 50.8 Å². The molecule has 0 radical (unpaired) electrons. The van der Waals surface area contributed by atoms with Gasteiger partial charge in [-0.1, -0.05) is 13.2 Å². The van der Waals surface area contributed by atoms with E-state index in [1.54, 1.807) is 0 Å². The summed E-state index contributed by atoms with van der Waals surface area (Å²) in [6.45, 7) is 7.43. The molecule has 2 aliphatic heterocycles. The van der Waals surface area contributed by atoms with Gasteiger partial charge in [-0.2, -0.15) is 0 Å². The first kappa shape index (κ1) is 41.0. The smallest absolute Gasteiger partial charge is 0.463 e. The van der Waals surface area contributed by atoms with E-state index in [2.05, 4.69) is 13.2 Å². The van der Waals surface area contributed by atoms with E-state index in [1.807, 2.05) is 0 Å². The van der Waals surface area contributed by atoms with Gasteiger partial charge in [-0.25, -0.2) is 28.8 Å². The summed E-state index contributed by atoms with van der Waals surface area (Å²) in [6.07, 6.45) is 1.22. The zero-order chi connectivity index (χ0) is 38.7. The number of unbranched alkanes of at least 4 members (excludes halogenated alkanes) is 4. The topological polar surface area (TPSA) is 195 Å². The molecule has 16 heteroatoms. The Balaban J connectivity index is 1.12. The number of rotatable bonds is 20. The van der Waals surface area contributed by atoms with Crippen molar-refractivity contribution in [2.24, 2.45) is 0 Å². The number of benzene rings is 2. The van der Waals surface area contributed by atoms with Crippen LogP contribution >= 0.6 is 0 Å². The van der Waals surface area contributed by atoms with Crippen LogP contribution in [0.3, 0.4) is 0 Å². The summed E-state index contributed by atoms with van der Waals surface area (Å²) in [5, 5.41) is 0. The maximum Gasteiger partial charge on any atom is 0.513 e. The van der Waals surface area contributed by atoms with Crippen molar-refractivity contribution in [3.63, 3.8) is 0 Å². The summed E-state index contributed by atoms with van der Waals surface area (Å²) in [5.41, 5.74) is 0.386. The number of hydrogen-bond acceptors (Lipinski definition) is 16. The number of esters is 4. The highest BCUT2D eigenvalue weighted by atomic mass is 16.7. The second-order valence-corrected chi connectivity index (χ2v) is 11.8. The lowest BCUT2D eigenvalue weighted by Gasteiger charge is -2.17. The van der Waals surface area contributed by atoms with Crippen molar-refractivity contribution in [3.8, 4) is 11.5 Å². The van der Waals surface area contributed by atoms with Gasteiger partial charge in [0, 0.05) is 12.2 Å². The molecule has 2 saturated heterocycles. The molecule has 0 unspecified atom stereocenters. The molecule has 0 bridgehead atoms. The molecule has 2 fully saturated rings. The molecule has 0 aliphatic carbocycles. The minimum atomic E-state index is -0.901. The summed E-state index contributed by atoms with van der Waals surface area (Å²) in [5.74, 6) is -1.96. The predicted octanol–water partition coefficient (Wildman–Crippen LogP) is 5.07. The monoisotopic (exact) mass is 754 g/mol. The van der Waals surface area contributed by atoms with Gasteiger partial charge in [0.2, 0.25) is 0 Å². The minimum Gasteiger partial charge on any atom is -0.463 e. The molecule has 2 aliphatic rings. The third-order valence-electron chi connectivity index (χ3n) is 7.90. The van der Waals surface area contributed by atoms with Gasteiger partial charge in [-0.3, -0.25) is 0 Å². The van der Waals surface area contributed by atoms with Gasteiger partial charge in [0.1, 0.15) is 23.7 Å². The van der Waals surface area contributed by atoms with Gasteiger partial charge >= 0.3 is 36.2 Å². The van der Waals surface area contributed by atoms with Crippen LogP contribution in [0.2, 0.25) is 0 Å². The van der Waals surface area contributed by atoms with E-state index < -0.39 is 60.6 Å². The molecule has 0 aromatic heterocycles. The Morgan fingerprint density at radius 2 is 0.889 bits per heavy atom. The molecule has 4 rings (SSSR count). The molecular weight excluding hydrogens is 712 g/mol. The van der Waals surface area contributed by atoms with Crippen LogP contribution in [0.4, 0.5) is 9.59 Å². The van der Waals surface area contributed by atoms with Crippen LogP contribution in [-0.2, 0) is 47.5 Å². The fraction of sp³-hybridized carbons (Fsp3) is 0.421. The normalized spacial score (nSPS) is 18.3. The molecule has 2 aromatic carbocycles. The number of carbonyl (C=O) groups excluding carboxylic acids is 6. The highest BCUT2D eigenvalue weighted by Crippen LogP contribution is 2.32. The Morgan fingerprint density at radius 3 is 1.24 bits per heavy atom. The van der Waals surface area contributed by atoms with Gasteiger partial charge in [0.15, 0.2) is 12.2 Å². The van der Waals surface area contributed by atoms with Crippen LogP contribution in [0.15, 0.2) is 73.8 Å².